The summed E-state index contributed by atoms with van der Waals surface area (Å²) in [6.07, 6.45) is 1.99. The first-order valence-corrected chi connectivity index (χ1v) is 20.7. The van der Waals surface area contributed by atoms with Crippen molar-refractivity contribution in [1.29, 1.82) is 0 Å². The van der Waals surface area contributed by atoms with Gasteiger partial charge < -0.3 is 23.7 Å². The van der Waals surface area contributed by atoms with Crippen molar-refractivity contribution in [1.82, 2.24) is 14.1 Å². The first-order valence-electron chi connectivity index (χ1n) is 20.7. The first-order chi connectivity index (χ1) is 29.8. The summed E-state index contributed by atoms with van der Waals surface area (Å²) in [5, 5.41) is 2.17. The Morgan fingerprint density at radius 2 is 1.24 bits per heavy atom. The molecule has 0 saturated heterocycles. The van der Waals surface area contributed by atoms with Gasteiger partial charge in [-0.3, -0.25) is 0 Å². The summed E-state index contributed by atoms with van der Waals surface area (Å²) >= 11 is 0. The van der Waals surface area contributed by atoms with Crippen molar-refractivity contribution in [3.05, 3.63) is 206 Å². The minimum absolute atomic E-state index is 0. The van der Waals surface area contributed by atoms with Gasteiger partial charge in [0.05, 0.1) is 11.0 Å². The molecule has 0 saturated carbocycles. The van der Waals surface area contributed by atoms with Gasteiger partial charge in [0.25, 0.3) is 0 Å². The van der Waals surface area contributed by atoms with Crippen LogP contribution in [0.4, 0.5) is 22.7 Å². The number of aromatic nitrogens is 3. The third kappa shape index (κ3) is 6.66. The fourth-order valence-electron chi connectivity index (χ4n) is 8.74. The molecule has 1 aliphatic heterocycles. The number of pyridine rings is 1. The van der Waals surface area contributed by atoms with Crippen molar-refractivity contribution >= 4 is 55.6 Å². The Kier molecular flexibility index (Phi) is 9.83. The molecule has 0 unspecified atom stereocenters. The van der Waals surface area contributed by atoms with Crippen LogP contribution in [-0.4, -0.2) is 14.1 Å². The Labute approximate surface area is 375 Å². The van der Waals surface area contributed by atoms with Crippen molar-refractivity contribution in [3.63, 3.8) is 0 Å². The minimum Gasteiger partial charge on any atom is -0.509 e. The van der Waals surface area contributed by atoms with Crippen LogP contribution in [-0.2, 0) is 25.8 Å². The largest absolute Gasteiger partial charge is 0.509 e. The molecule has 0 bridgehead atoms. The van der Waals surface area contributed by atoms with Crippen LogP contribution in [0.3, 0.4) is 0 Å². The van der Waals surface area contributed by atoms with E-state index in [-0.39, 0.29) is 25.8 Å². The standard InChI is InChI=1S/C55H42N5O.Pd/c1-37-32-52(56-35-47(37)38-16-7-5-8-17-38)60-51-34-44(30-31-46(51)53-54(60)45-22-11-12-23-48(45)59(53)41-18-9-6-10-19-41)61-43-21-15-20-42(33-43)58-36-57(49-24-13-14-25-50(49)58)40-28-26-39(27-29-40)55(2,3)4;/h5-32,35-36H,1-4H3;/q-3;. The smallest absolute Gasteiger partial charge is 0.135 e. The Hall–Kier alpha value is -6.91. The number of benzene rings is 7. The Balaban J connectivity index is 0.00000458. The zero-order chi connectivity index (χ0) is 41.2. The van der Waals surface area contributed by atoms with Gasteiger partial charge in [-0.25, -0.2) is 4.98 Å². The summed E-state index contributed by atoms with van der Waals surface area (Å²) in [6.45, 7) is 11.0. The van der Waals surface area contributed by atoms with Crippen LogP contribution in [0.1, 0.15) is 31.9 Å². The molecule has 0 amide bonds. The first kappa shape index (κ1) is 39.2. The van der Waals surface area contributed by atoms with Gasteiger partial charge in [0.15, 0.2) is 0 Å². The molecular formula is C55H42N5OPd-3. The SMILES string of the molecule is Cc1cc(-n2c3[c-]c(Oc4[c-]c(N5[CH-]N(c6ccc(C(C)(C)C)cc6)c6ccccc65)ccc4)ccc3c3c2c2ccccc2n3-c2ccccc2)ncc1-c1ccccc1.[Pd]. The van der Waals surface area contributed by atoms with Gasteiger partial charge in [0.1, 0.15) is 5.82 Å². The molecule has 0 N–H and O–H groups in total. The quantitative estimate of drug-likeness (QED) is 0.118. The summed E-state index contributed by atoms with van der Waals surface area (Å²) < 4.78 is 11.3. The van der Waals surface area contributed by atoms with E-state index < -0.39 is 0 Å². The number of aryl methyl sites for hydroxylation is 1. The molecule has 0 radical (unpaired) electrons. The van der Waals surface area contributed by atoms with Gasteiger partial charge in [-0.1, -0.05) is 123 Å². The number of fused-ring (bicyclic) bond motifs is 6. The average molecular weight is 895 g/mol. The molecule has 0 fully saturated rings. The van der Waals surface area contributed by atoms with Crippen molar-refractivity contribution in [2.75, 3.05) is 9.80 Å². The number of rotatable bonds is 7. The van der Waals surface area contributed by atoms with Gasteiger partial charge in [0.2, 0.25) is 0 Å². The molecule has 3 aromatic heterocycles. The molecular weight excluding hydrogens is 853 g/mol. The van der Waals surface area contributed by atoms with E-state index in [1.807, 2.05) is 30.5 Å². The number of hydrogen-bond acceptors (Lipinski definition) is 4. The zero-order valence-electron chi connectivity index (χ0n) is 34.8. The molecule has 1 aliphatic rings. The molecule has 10 aromatic rings. The van der Waals surface area contributed by atoms with E-state index in [0.29, 0.717) is 11.5 Å². The second-order valence-electron chi connectivity index (χ2n) is 16.7. The molecule has 11 rings (SSSR count). The van der Waals surface area contributed by atoms with Crippen molar-refractivity contribution in [2.24, 2.45) is 0 Å². The van der Waals surface area contributed by atoms with E-state index in [2.05, 4.69) is 211 Å². The second-order valence-corrected chi connectivity index (χ2v) is 16.7. The molecule has 62 heavy (non-hydrogen) atoms. The van der Waals surface area contributed by atoms with Crippen LogP contribution < -0.4 is 14.5 Å². The number of ether oxygens (including phenoxy) is 1. The summed E-state index contributed by atoms with van der Waals surface area (Å²) in [7, 11) is 0. The van der Waals surface area contributed by atoms with Gasteiger partial charge in [0, 0.05) is 77.3 Å². The molecule has 4 heterocycles. The van der Waals surface area contributed by atoms with E-state index in [1.54, 1.807) is 0 Å². The van der Waals surface area contributed by atoms with Crippen LogP contribution in [0.15, 0.2) is 176 Å². The van der Waals surface area contributed by atoms with Crippen molar-refractivity contribution in [3.8, 4) is 34.1 Å². The topological polar surface area (TPSA) is 38.5 Å². The molecule has 306 valence electrons. The summed E-state index contributed by atoms with van der Waals surface area (Å²) in [6, 6.07) is 66.6. The molecule has 0 spiro atoms. The number of nitrogens with zero attached hydrogens (tertiary/aromatic N) is 5. The van der Waals surface area contributed by atoms with E-state index in [1.165, 1.54) is 5.56 Å². The predicted molar refractivity (Wildman–Crippen MR) is 250 cm³/mol. The number of hydrogen-bond donors (Lipinski definition) is 0. The molecule has 0 atom stereocenters. The Morgan fingerprint density at radius 1 is 0.581 bits per heavy atom. The average Bonchev–Trinajstić information content (AvgIpc) is 3.95. The molecule has 7 aromatic carbocycles. The zero-order valence-corrected chi connectivity index (χ0v) is 36.3. The van der Waals surface area contributed by atoms with Crippen LogP contribution in [0.2, 0.25) is 0 Å². The Morgan fingerprint density at radius 3 is 1.98 bits per heavy atom. The number of para-hydroxylation sites is 4. The van der Waals surface area contributed by atoms with Gasteiger partial charge in [-0.05, 0) is 77.6 Å². The van der Waals surface area contributed by atoms with E-state index in [9.17, 15) is 0 Å². The van der Waals surface area contributed by atoms with E-state index in [4.69, 9.17) is 9.72 Å². The van der Waals surface area contributed by atoms with Gasteiger partial charge >= 0.3 is 0 Å². The van der Waals surface area contributed by atoms with Gasteiger partial charge in [-0.15, -0.1) is 42.7 Å². The maximum absolute atomic E-state index is 6.69. The second kappa shape index (κ2) is 15.5. The van der Waals surface area contributed by atoms with Gasteiger partial charge in [-0.2, -0.15) is 12.1 Å². The summed E-state index contributed by atoms with van der Waals surface area (Å²) in [5.74, 6) is 1.99. The fraction of sp³-hybridized carbons (Fsp3) is 0.0909. The maximum Gasteiger partial charge on any atom is 0.135 e. The summed E-state index contributed by atoms with van der Waals surface area (Å²) in [5.41, 5.74) is 14.1. The van der Waals surface area contributed by atoms with Crippen molar-refractivity contribution in [2.45, 2.75) is 33.1 Å². The monoisotopic (exact) mass is 894 g/mol. The molecule has 7 heteroatoms. The third-order valence-corrected chi connectivity index (χ3v) is 11.7. The Bertz CT molecular complexity index is 3260. The summed E-state index contributed by atoms with van der Waals surface area (Å²) in [4.78, 5) is 9.56. The molecule has 0 aliphatic carbocycles. The molecule has 6 nitrogen and oxygen atoms in total. The fourth-order valence-corrected chi connectivity index (χ4v) is 8.74. The third-order valence-electron chi connectivity index (χ3n) is 11.7. The predicted octanol–water partition coefficient (Wildman–Crippen LogP) is 14.2. The minimum atomic E-state index is 0. The van der Waals surface area contributed by atoms with E-state index >= 15 is 0 Å². The van der Waals surface area contributed by atoms with E-state index in [0.717, 1.165) is 83.8 Å². The van der Waals surface area contributed by atoms with Crippen LogP contribution in [0.25, 0.3) is 55.5 Å². The van der Waals surface area contributed by atoms with Crippen LogP contribution in [0, 0.1) is 25.7 Å². The van der Waals surface area contributed by atoms with Crippen molar-refractivity contribution < 1.29 is 25.2 Å². The maximum atomic E-state index is 6.69. The van der Waals surface area contributed by atoms with Crippen LogP contribution >= 0.6 is 0 Å². The normalized spacial score (nSPS) is 12.6. The number of anilines is 4. The van der Waals surface area contributed by atoms with Crippen LogP contribution in [0.5, 0.6) is 11.5 Å².